The lowest BCUT2D eigenvalue weighted by Gasteiger charge is -2.05. The maximum atomic E-state index is 4.90. The highest BCUT2D eigenvalue weighted by atomic mass is 32.2. The maximum absolute atomic E-state index is 4.90. The minimum Gasteiger partial charge on any atom is -0.288 e. The summed E-state index contributed by atoms with van der Waals surface area (Å²) >= 11 is 1.66. The Bertz CT molecular complexity index is 42.7. The zero-order valence-electron chi connectivity index (χ0n) is 4.89. The van der Waals surface area contributed by atoms with Gasteiger partial charge in [0.2, 0.25) is 0 Å². The van der Waals surface area contributed by atoms with Gasteiger partial charge in [-0.05, 0) is 13.2 Å². The molecule has 1 unspecified atom stereocenters. The molecule has 0 saturated heterocycles. The Morgan fingerprint density at radius 3 is 2.43 bits per heavy atom. The summed E-state index contributed by atoms with van der Waals surface area (Å²) in [5.41, 5.74) is 2.85. The molecule has 0 saturated carbocycles. The molecule has 0 aromatic rings. The zero-order chi connectivity index (χ0) is 5.70. The van der Waals surface area contributed by atoms with Gasteiger partial charge in [0.15, 0.2) is 0 Å². The Hall–Kier alpha value is 0.270. The van der Waals surface area contributed by atoms with Crippen LogP contribution in [0.1, 0.15) is 6.92 Å². The lowest BCUT2D eigenvalue weighted by atomic mass is 10.9. The standard InChI is InChI=1S/C4H11NOS/c1-4(7-3)6-5-2/h4-5H,1-3H3. The minimum absolute atomic E-state index is 0.255. The molecule has 44 valence electrons. The van der Waals surface area contributed by atoms with Gasteiger partial charge in [0.05, 0.1) is 0 Å². The summed E-state index contributed by atoms with van der Waals surface area (Å²) in [7, 11) is 1.76. The van der Waals surface area contributed by atoms with Crippen molar-refractivity contribution < 1.29 is 4.84 Å². The van der Waals surface area contributed by atoms with Gasteiger partial charge in [-0.3, -0.25) is 4.84 Å². The fourth-order valence-corrected chi connectivity index (χ4v) is 0.407. The molecule has 0 aliphatic carbocycles. The van der Waals surface area contributed by atoms with Gasteiger partial charge in [-0.1, -0.05) is 0 Å². The minimum atomic E-state index is 0.255. The Balaban J connectivity index is 2.83. The third-order valence-electron chi connectivity index (χ3n) is 0.616. The molecular formula is C4H11NOS. The van der Waals surface area contributed by atoms with Crippen molar-refractivity contribution in [2.75, 3.05) is 13.3 Å². The van der Waals surface area contributed by atoms with Gasteiger partial charge in [-0.2, -0.15) is 0 Å². The highest BCUT2D eigenvalue weighted by Crippen LogP contribution is 2.02. The van der Waals surface area contributed by atoms with Crippen LogP contribution < -0.4 is 5.48 Å². The highest BCUT2D eigenvalue weighted by molar-refractivity contribution is 7.99. The Labute approximate surface area is 48.6 Å². The second kappa shape index (κ2) is 4.43. The SMILES string of the molecule is CNOC(C)SC. The average molecular weight is 121 g/mol. The molecule has 0 rings (SSSR count). The highest BCUT2D eigenvalue weighted by Gasteiger charge is 1.92. The van der Waals surface area contributed by atoms with Gasteiger partial charge in [0.25, 0.3) is 0 Å². The quantitative estimate of drug-likeness (QED) is 0.442. The van der Waals surface area contributed by atoms with E-state index in [9.17, 15) is 0 Å². The van der Waals surface area contributed by atoms with Gasteiger partial charge in [-0.25, -0.2) is 5.48 Å². The topological polar surface area (TPSA) is 21.3 Å². The molecule has 0 bridgehead atoms. The first kappa shape index (κ1) is 7.27. The molecule has 0 aromatic carbocycles. The van der Waals surface area contributed by atoms with Crippen molar-refractivity contribution in [3.63, 3.8) is 0 Å². The number of nitrogens with one attached hydrogen (secondary N) is 1. The molecule has 0 aliphatic rings. The summed E-state index contributed by atoms with van der Waals surface area (Å²) in [5.74, 6) is 0. The molecule has 0 aromatic heterocycles. The molecule has 1 atom stereocenters. The van der Waals surface area contributed by atoms with E-state index in [0.29, 0.717) is 0 Å². The summed E-state index contributed by atoms with van der Waals surface area (Å²) in [4.78, 5) is 4.90. The third-order valence-corrected chi connectivity index (χ3v) is 1.38. The van der Waals surface area contributed by atoms with Crippen LogP contribution in [-0.4, -0.2) is 18.7 Å². The molecule has 0 radical (unpaired) electrons. The lowest BCUT2D eigenvalue weighted by molar-refractivity contribution is 0.0482. The van der Waals surface area contributed by atoms with Crippen LogP contribution >= 0.6 is 11.8 Å². The molecule has 0 fully saturated rings. The summed E-state index contributed by atoms with van der Waals surface area (Å²) in [6, 6.07) is 0. The summed E-state index contributed by atoms with van der Waals surface area (Å²) < 4.78 is 0. The van der Waals surface area contributed by atoms with E-state index in [4.69, 9.17) is 4.84 Å². The van der Waals surface area contributed by atoms with Crippen LogP contribution in [0.25, 0.3) is 0 Å². The van der Waals surface area contributed by atoms with Crippen LogP contribution in [0.2, 0.25) is 0 Å². The van der Waals surface area contributed by atoms with Gasteiger partial charge < -0.3 is 0 Å². The monoisotopic (exact) mass is 121 g/mol. The average Bonchev–Trinajstić information content (AvgIpc) is 1.68. The third kappa shape index (κ3) is 4.12. The van der Waals surface area contributed by atoms with Crippen LogP contribution in [0, 0.1) is 0 Å². The van der Waals surface area contributed by atoms with E-state index in [2.05, 4.69) is 5.48 Å². The number of hydroxylamine groups is 1. The van der Waals surface area contributed by atoms with Crippen molar-refractivity contribution in [1.29, 1.82) is 0 Å². The first-order valence-corrected chi connectivity index (χ1v) is 3.45. The fourth-order valence-electron chi connectivity index (χ4n) is 0.214. The summed E-state index contributed by atoms with van der Waals surface area (Å²) in [5, 5.41) is 0. The lowest BCUT2D eigenvalue weighted by Crippen LogP contribution is -2.13. The second-order valence-electron chi connectivity index (χ2n) is 1.13. The van der Waals surface area contributed by atoms with E-state index in [0.717, 1.165) is 0 Å². The molecule has 0 amide bonds. The summed E-state index contributed by atoms with van der Waals surface area (Å²) in [6.07, 6.45) is 2.00. The Morgan fingerprint density at radius 2 is 2.29 bits per heavy atom. The number of hydrogen-bond donors (Lipinski definition) is 1. The van der Waals surface area contributed by atoms with Crippen LogP contribution in [0.15, 0.2) is 0 Å². The van der Waals surface area contributed by atoms with Crippen LogP contribution in [-0.2, 0) is 4.84 Å². The van der Waals surface area contributed by atoms with Gasteiger partial charge in [0.1, 0.15) is 5.44 Å². The van der Waals surface area contributed by atoms with E-state index in [1.165, 1.54) is 0 Å². The molecule has 3 heteroatoms. The largest absolute Gasteiger partial charge is 0.288 e. The molecule has 1 N–H and O–H groups in total. The first-order chi connectivity index (χ1) is 3.31. The Morgan fingerprint density at radius 1 is 1.71 bits per heavy atom. The van der Waals surface area contributed by atoms with E-state index < -0.39 is 0 Å². The molecule has 0 spiro atoms. The van der Waals surface area contributed by atoms with Crippen molar-refractivity contribution >= 4 is 11.8 Å². The van der Waals surface area contributed by atoms with E-state index in [1.54, 1.807) is 18.8 Å². The van der Waals surface area contributed by atoms with Crippen molar-refractivity contribution in [1.82, 2.24) is 5.48 Å². The number of rotatable bonds is 3. The van der Waals surface area contributed by atoms with Crippen molar-refractivity contribution in [3.8, 4) is 0 Å². The molecule has 7 heavy (non-hydrogen) atoms. The molecule has 0 aliphatic heterocycles. The first-order valence-electron chi connectivity index (χ1n) is 2.16. The molecule has 2 nitrogen and oxygen atoms in total. The van der Waals surface area contributed by atoms with Gasteiger partial charge in [-0.15, -0.1) is 11.8 Å². The Kier molecular flexibility index (Phi) is 4.60. The van der Waals surface area contributed by atoms with E-state index in [1.807, 2.05) is 13.2 Å². The number of hydrogen-bond acceptors (Lipinski definition) is 3. The predicted molar refractivity (Wildman–Crippen MR) is 33.1 cm³/mol. The maximum Gasteiger partial charge on any atom is 0.121 e. The van der Waals surface area contributed by atoms with Gasteiger partial charge in [0, 0.05) is 7.05 Å². The van der Waals surface area contributed by atoms with Crippen molar-refractivity contribution in [3.05, 3.63) is 0 Å². The van der Waals surface area contributed by atoms with Crippen molar-refractivity contribution in [2.45, 2.75) is 12.4 Å². The predicted octanol–water partition coefficient (Wildman–Crippen LogP) is 0.846. The van der Waals surface area contributed by atoms with Gasteiger partial charge >= 0.3 is 0 Å². The second-order valence-corrected chi connectivity index (χ2v) is 2.26. The van der Waals surface area contributed by atoms with Crippen LogP contribution in [0.5, 0.6) is 0 Å². The van der Waals surface area contributed by atoms with Crippen LogP contribution in [0.4, 0.5) is 0 Å². The van der Waals surface area contributed by atoms with Crippen molar-refractivity contribution in [2.24, 2.45) is 0 Å². The number of thioether (sulfide) groups is 1. The normalized spacial score (nSPS) is 14.1. The fraction of sp³-hybridized carbons (Fsp3) is 1.00. The summed E-state index contributed by atoms with van der Waals surface area (Å²) in [6.45, 7) is 1.99. The molecular weight excluding hydrogens is 110 g/mol. The zero-order valence-corrected chi connectivity index (χ0v) is 5.71. The van der Waals surface area contributed by atoms with E-state index in [-0.39, 0.29) is 5.44 Å². The smallest absolute Gasteiger partial charge is 0.121 e. The van der Waals surface area contributed by atoms with Crippen LogP contribution in [0.3, 0.4) is 0 Å². The van der Waals surface area contributed by atoms with E-state index >= 15 is 0 Å². The molecule has 0 heterocycles.